The van der Waals surface area contributed by atoms with Crippen LogP contribution in [0.15, 0.2) is 77.6 Å². The molecular weight excluding hydrogens is 419 g/mol. The van der Waals surface area contributed by atoms with Gasteiger partial charge in [0, 0.05) is 12.2 Å². The van der Waals surface area contributed by atoms with Gasteiger partial charge in [-0.3, -0.25) is 14.2 Å². The zero-order valence-electron chi connectivity index (χ0n) is 17.0. The first-order valence-corrected chi connectivity index (χ1v) is 9.77. The van der Waals surface area contributed by atoms with E-state index in [-0.39, 0.29) is 12.2 Å². The summed E-state index contributed by atoms with van der Waals surface area (Å²) < 4.78 is 40.8. The number of carbonyl (C=O) groups excluding carboxylic acids is 1. The van der Waals surface area contributed by atoms with Gasteiger partial charge in [0.05, 0.1) is 16.6 Å². The number of carbonyl (C=O) groups is 1. The molecule has 4 aromatic rings. The molecule has 0 spiro atoms. The smallest absolute Gasteiger partial charge is 0.346 e. The number of nitrogens with zero attached hydrogens (tertiary/aromatic N) is 2. The van der Waals surface area contributed by atoms with E-state index in [0.717, 1.165) is 27.8 Å². The predicted molar refractivity (Wildman–Crippen MR) is 115 cm³/mol. The van der Waals surface area contributed by atoms with Crippen molar-refractivity contribution in [1.82, 2.24) is 14.9 Å². The molecule has 0 saturated carbocycles. The van der Waals surface area contributed by atoms with Crippen LogP contribution < -0.4 is 10.9 Å². The molecule has 0 radical (unpaired) electrons. The van der Waals surface area contributed by atoms with Crippen molar-refractivity contribution in [3.05, 3.63) is 106 Å². The van der Waals surface area contributed by atoms with Crippen LogP contribution in [0.1, 0.15) is 27.2 Å². The Bertz CT molecular complexity index is 1360. The van der Waals surface area contributed by atoms with E-state index in [4.69, 9.17) is 0 Å². The number of halogens is 3. The largest absolute Gasteiger partial charge is 0.416 e. The minimum atomic E-state index is -4.57. The standard InChI is InChI=1S/C24H18F3N3O2/c1-15-9-11-16(12-10-15)14-28-22(31)21-23(32)30(20-8-3-2-7-19(20)29-21)18-6-4-5-17(13-18)24(25,26)27/h2-13H,14H2,1H3,(H,28,31). The van der Waals surface area contributed by atoms with Crippen LogP contribution in [0.4, 0.5) is 13.2 Å². The van der Waals surface area contributed by atoms with Gasteiger partial charge in [0.15, 0.2) is 5.69 Å². The van der Waals surface area contributed by atoms with Crippen LogP contribution in [0.5, 0.6) is 0 Å². The van der Waals surface area contributed by atoms with Crippen molar-refractivity contribution in [2.24, 2.45) is 0 Å². The number of rotatable bonds is 4. The van der Waals surface area contributed by atoms with Gasteiger partial charge in [-0.15, -0.1) is 0 Å². The van der Waals surface area contributed by atoms with Gasteiger partial charge in [-0.05, 0) is 42.8 Å². The van der Waals surface area contributed by atoms with Crippen LogP contribution >= 0.6 is 0 Å². The quantitative estimate of drug-likeness (QED) is 0.506. The molecule has 0 aliphatic rings. The van der Waals surface area contributed by atoms with E-state index in [9.17, 15) is 22.8 Å². The lowest BCUT2D eigenvalue weighted by Crippen LogP contribution is -2.34. The summed E-state index contributed by atoms with van der Waals surface area (Å²) in [5.41, 5.74) is 0.418. The molecule has 32 heavy (non-hydrogen) atoms. The molecule has 0 aliphatic heterocycles. The Morgan fingerprint density at radius 3 is 2.44 bits per heavy atom. The van der Waals surface area contributed by atoms with Crippen molar-refractivity contribution in [1.29, 1.82) is 0 Å². The van der Waals surface area contributed by atoms with Gasteiger partial charge in [0.1, 0.15) is 0 Å². The summed E-state index contributed by atoms with van der Waals surface area (Å²) in [5, 5.41) is 2.66. The van der Waals surface area contributed by atoms with Crippen molar-refractivity contribution < 1.29 is 18.0 Å². The van der Waals surface area contributed by atoms with Gasteiger partial charge in [-0.1, -0.05) is 48.0 Å². The maximum Gasteiger partial charge on any atom is 0.416 e. The molecule has 0 saturated heterocycles. The van der Waals surface area contributed by atoms with Crippen LogP contribution in [0.3, 0.4) is 0 Å². The van der Waals surface area contributed by atoms with Gasteiger partial charge in [-0.2, -0.15) is 13.2 Å². The zero-order valence-corrected chi connectivity index (χ0v) is 17.0. The topological polar surface area (TPSA) is 64.0 Å². The minimum absolute atomic E-state index is 0.00369. The fourth-order valence-electron chi connectivity index (χ4n) is 3.33. The number of nitrogens with one attached hydrogen (secondary N) is 1. The number of amides is 1. The van der Waals surface area contributed by atoms with Gasteiger partial charge >= 0.3 is 6.18 Å². The third-order valence-corrected chi connectivity index (χ3v) is 4.98. The Morgan fingerprint density at radius 1 is 1.00 bits per heavy atom. The summed E-state index contributed by atoms with van der Waals surface area (Å²) in [6.07, 6.45) is -4.57. The molecule has 1 N–H and O–H groups in total. The first kappa shape index (κ1) is 21.3. The molecule has 0 unspecified atom stereocenters. The first-order chi connectivity index (χ1) is 15.2. The Kier molecular flexibility index (Phi) is 5.52. The molecule has 3 aromatic carbocycles. The number of hydrogen-bond acceptors (Lipinski definition) is 3. The van der Waals surface area contributed by atoms with Gasteiger partial charge in [-0.25, -0.2) is 4.98 Å². The molecule has 4 rings (SSSR count). The highest BCUT2D eigenvalue weighted by Gasteiger charge is 2.31. The fraction of sp³-hybridized carbons (Fsp3) is 0.125. The molecule has 1 amide bonds. The Morgan fingerprint density at radius 2 is 1.72 bits per heavy atom. The Balaban J connectivity index is 1.79. The number of aromatic nitrogens is 2. The van der Waals surface area contributed by atoms with Gasteiger partial charge in [0.25, 0.3) is 11.5 Å². The van der Waals surface area contributed by atoms with Gasteiger partial charge < -0.3 is 5.32 Å². The van der Waals surface area contributed by atoms with E-state index < -0.39 is 28.9 Å². The summed E-state index contributed by atoms with van der Waals surface area (Å²) >= 11 is 0. The molecular formula is C24H18F3N3O2. The lowest BCUT2D eigenvalue weighted by Gasteiger charge is -2.14. The fourth-order valence-corrected chi connectivity index (χ4v) is 3.33. The molecule has 0 bridgehead atoms. The summed E-state index contributed by atoms with van der Waals surface area (Å²) in [5.74, 6) is -0.706. The number of para-hydroxylation sites is 2. The Labute approximate surface area is 181 Å². The second kappa shape index (κ2) is 8.30. The number of hydrogen-bond donors (Lipinski definition) is 1. The minimum Gasteiger partial charge on any atom is -0.346 e. The van der Waals surface area contributed by atoms with Crippen LogP contribution in [-0.2, 0) is 12.7 Å². The number of benzene rings is 3. The number of alkyl halides is 3. The van der Waals surface area contributed by atoms with Crippen molar-refractivity contribution >= 4 is 16.9 Å². The lowest BCUT2D eigenvalue weighted by atomic mass is 10.1. The van der Waals surface area contributed by atoms with Crippen molar-refractivity contribution in [3.63, 3.8) is 0 Å². The lowest BCUT2D eigenvalue weighted by molar-refractivity contribution is -0.137. The Hall–Kier alpha value is -3.94. The van der Waals surface area contributed by atoms with E-state index in [1.165, 1.54) is 12.1 Å². The summed E-state index contributed by atoms with van der Waals surface area (Å²) in [7, 11) is 0. The first-order valence-electron chi connectivity index (χ1n) is 9.77. The third-order valence-electron chi connectivity index (χ3n) is 4.98. The molecule has 162 valence electrons. The summed E-state index contributed by atoms with van der Waals surface area (Å²) in [6, 6.07) is 18.4. The van der Waals surface area contributed by atoms with E-state index in [1.54, 1.807) is 24.3 Å². The average Bonchev–Trinajstić information content (AvgIpc) is 2.77. The maximum atomic E-state index is 13.2. The highest BCUT2D eigenvalue weighted by molar-refractivity contribution is 5.94. The number of fused-ring (bicyclic) bond motifs is 1. The van der Waals surface area contributed by atoms with E-state index in [1.807, 2.05) is 31.2 Å². The monoisotopic (exact) mass is 437 g/mol. The molecule has 8 heteroatoms. The van der Waals surface area contributed by atoms with E-state index in [2.05, 4.69) is 10.3 Å². The number of aryl methyl sites for hydroxylation is 1. The third kappa shape index (κ3) is 4.25. The van der Waals surface area contributed by atoms with Crippen molar-refractivity contribution in [2.45, 2.75) is 19.6 Å². The average molecular weight is 437 g/mol. The van der Waals surface area contributed by atoms with Crippen LogP contribution in [0.2, 0.25) is 0 Å². The molecule has 0 atom stereocenters. The van der Waals surface area contributed by atoms with E-state index >= 15 is 0 Å². The highest BCUT2D eigenvalue weighted by atomic mass is 19.4. The molecule has 1 heterocycles. The molecule has 1 aromatic heterocycles. The molecule has 5 nitrogen and oxygen atoms in total. The van der Waals surface area contributed by atoms with Crippen LogP contribution in [-0.4, -0.2) is 15.5 Å². The van der Waals surface area contributed by atoms with E-state index in [0.29, 0.717) is 11.0 Å². The summed E-state index contributed by atoms with van der Waals surface area (Å²) in [6.45, 7) is 2.12. The van der Waals surface area contributed by atoms with Crippen molar-refractivity contribution in [2.75, 3.05) is 0 Å². The second-order valence-corrected chi connectivity index (χ2v) is 7.31. The predicted octanol–water partition coefficient (Wildman–Crippen LogP) is 4.64. The molecule has 0 aliphatic carbocycles. The zero-order chi connectivity index (χ0) is 22.9. The SMILES string of the molecule is Cc1ccc(CNC(=O)c2nc3ccccc3n(-c3cccc(C(F)(F)F)c3)c2=O)cc1. The van der Waals surface area contributed by atoms with Crippen molar-refractivity contribution in [3.8, 4) is 5.69 Å². The normalized spacial score (nSPS) is 11.5. The molecule has 0 fully saturated rings. The van der Waals surface area contributed by atoms with Gasteiger partial charge in [0.2, 0.25) is 0 Å². The second-order valence-electron chi connectivity index (χ2n) is 7.31. The maximum absolute atomic E-state index is 13.2. The van der Waals surface area contributed by atoms with Crippen LogP contribution in [0, 0.1) is 6.92 Å². The highest BCUT2D eigenvalue weighted by Crippen LogP contribution is 2.30. The van der Waals surface area contributed by atoms with Crippen LogP contribution in [0.25, 0.3) is 16.7 Å². The summed E-state index contributed by atoms with van der Waals surface area (Å²) in [4.78, 5) is 30.2.